The van der Waals surface area contributed by atoms with Crippen molar-refractivity contribution in [1.29, 1.82) is 0 Å². The third-order valence-electron chi connectivity index (χ3n) is 5.93. The molecule has 3 rings (SSSR count). The molecule has 2 heterocycles. The number of amides is 2. The van der Waals surface area contributed by atoms with Crippen molar-refractivity contribution in [3.63, 3.8) is 0 Å². The van der Waals surface area contributed by atoms with Crippen LogP contribution >= 0.6 is 0 Å². The van der Waals surface area contributed by atoms with E-state index >= 15 is 0 Å². The minimum atomic E-state index is -1.22. The molecule has 0 aliphatic carbocycles. The van der Waals surface area contributed by atoms with Crippen molar-refractivity contribution in [2.75, 3.05) is 20.1 Å². The van der Waals surface area contributed by atoms with Crippen LogP contribution in [0.3, 0.4) is 0 Å². The number of fused-ring (bicyclic) bond motifs is 1. The number of carbonyl (C=O) groups is 2. The van der Waals surface area contributed by atoms with Gasteiger partial charge in [-0.15, -0.1) is 0 Å². The summed E-state index contributed by atoms with van der Waals surface area (Å²) >= 11 is 0. The number of nitrogens with one attached hydrogen (secondary N) is 2. The molecule has 2 aliphatic rings. The van der Waals surface area contributed by atoms with Crippen LogP contribution in [-0.2, 0) is 11.2 Å². The summed E-state index contributed by atoms with van der Waals surface area (Å²) in [6.45, 7) is 5.17. The number of ether oxygens (including phenoxy) is 1. The molecule has 1 unspecified atom stereocenters. The van der Waals surface area contributed by atoms with E-state index in [0.29, 0.717) is 23.9 Å². The number of carboxylic acid groups (broad SMARTS) is 1. The normalized spacial score (nSPS) is 25.7. The summed E-state index contributed by atoms with van der Waals surface area (Å²) < 4.78 is 5.85. The van der Waals surface area contributed by atoms with Gasteiger partial charge in [0, 0.05) is 18.2 Å². The Kier molecular flexibility index (Phi) is 6.33. The smallest absolute Gasteiger partial charge is 0.405 e. The van der Waals surface area contributed by atoms with Gasteiger partial charge >= 0.3 is 6.09 Å². The van der Waals surface area contributed by atoms with Crippen LogP contribution in [-0.4, -0.2) is 65.0 Å². The van der Waals surface area contributed by atoms with Gasteiger partial charge in [0.25, 0.3) is 0 Å². The number of aliphatic hydroxyl groups is 1. The molecule has 0 saturated carbocycles. The summed E-state index contributed by atoms with van der Waals surface area (Å²) in [5, 5.41) is 25.1. The molecule has 1 aromatic carbocycles. The number of carbonyl (C=O) groups excluding carboxylic acids is 1. The highest BCUT2D eigenvalue weighted by Gasteiger charge is 2.43. The van der Waals surface area contributed by atoms with Crippen molar-refractivity contribution in [2.45, 2.75) is 63.3 Å². The molecule has 160 valence electrons. The first kappa shape index (κ1) is 21.4. The Morgan fingerprint density at radius 1 is 1.34 bits per heavy atom. The molecule has 0 aromatic heterocycles. The van der Waals surface area contributed by atoms with Crippen molar-refractivity contribution >= 4 is 12.0 Å². The Morgan fingerprint density at radius 3 is 2.76 bits per heavy atom. The van der Waals surface area contributed by atoms with E-state index in [9.17, 15) is 14.7 Å². The fraction of sp³-hybridized carbons (Fsp3) is 0.619. The molecular weight excluding hydrogens is 374 g/mol. The van der Waals surface area contributed by atoms with E-state index in [1.54, 1.807) is 32.0 Å². The minimum absolute atomic E-state index is 0.0778. The van der Waals surface area contributed by atoms with E-state index in [1.165, 1.54) is 12.8 Å². The van der Waals surface area contributed by atoms with Crippen LogP contribution in [0.5, 0.6) is 5.75 Å². The highest BCUT2D eigenvalue weighted by molar-refractivity contribution is 5.78. The zero-order valence-electron chi connectivity index (χ0n) is 17.3. The summed E-state index contributed by atoms with van der Waals surface area (Å²) in [5.74, 6) is 0.429. The van der Waals surface area contributed by atoms with Crippen LogP contribution in [0.1, 0.15) is 50.3 Å². The summed E-state index contributed by atoms with van der Waals surface area (Å²) in [4.78, 5) is 25.9. The highest BCUT2D eigenvalue weighted by Crippen LogP contribution is 2.40. The summed E-state index contributed by atoms with van der Waals surface area (Å²) in [6, 6.07) is 4.97. The molecular formula is C21H31N3O5. The van der Waals surface area contributed by atoms with Gasteiger partial charge in [-0.1, -0.05) is 6.07 Å². The van der Waals surface area contributed by atoms with Gasteiger partial charge in [0.05, 0.1) is 12.5 Å². The molecule has 1 fully saturated rings. The lowest BCUT2D eigenvalue weighted by Crippen LogP contribution is -2.53. The van der Waals surface area contributed by atoms with Gasteiger partial charge in [-0.3, -0.25) is 4.79 Å². The zero-order chi connectivity index (χ0) is 21.2. The number of likely N-dealkylation sites (tertiary alicyclic amines) is 1. The lowest BCUT2D eigenvalue weighted by atomic mass is 9.85. The molecule has 1 saturated heterocycles. The largest absolute Gasteiger partial charge is 0.485 e. The molecule has 4 N–H and O–H groups in total. The molecule has 29 heavy (non-hydrogen) atoms. The van der Waals surface area contributed by atoms with E-state index < -0.39 is 23.8 Å². The Balaban J connectivity index is 1.65. The first-order chi connectivity index (χ1) is 13.7. The second kappa shape index (κ2) is 8.59. The van der Waals surface area contributed by atoms with E-state index in [-0.39, 0.29) is 12.3 Å². The standard InChI is InChI=1S/C21H31N3O5/c1-21(2)19(26)18(23-20(27)28)15-11-13(6-7-16(15)29-21)12-17(25)22-9-8-14-5-4-10-24(14)3/h6-7,11,14,18-19,23,26H,4-5,8-10,12H2,1-3H3,(H,22,25)(H,27,28)/t14?,18-,19+/m1/s1. The molecule has 3 atom stereocenters. The Hall–Kier alpha value is -2.32. The molecule has 2 amide bonds. The van der Waals surface area contributed by atoms with E-state index in [0.717, 1.165) is 18.5 Å². The predicted molar refractivity (Wildman–Crippen MR) is 108 cm³/mol. The molecule has 1 aromatic rings. The number of aliphatic hydroxyl groups excluding tert-OH is 1. The van der Waals surface area contributed by atoms with Gasteiger partial charge in [0.2, 0.25) is 5.91 Å². The molecule has 0 bridgehead atoms. The second-order valence-electron chi connectivity index (χ2n) is 8.54. The Morgan fingerprint density at radius 2 is 2.10 bits per heavy atom. The topological polar surface area (TPSA) is 111 Å². The minimum Gasteiger partial charge on any atom is -0.485 e. The maximum atomic E-state index is 12.3. The fourth-order valence-corrected chi connectivity index (χ4v) is 4.22. The number of nitrogens with zero attached hydrogens (tertiary/aromatic N) is 1. The Labute approximate surface area is 171 Å². The summed E-state index contributed by atoms with van der Waals surface area (Å²) in [5.41, 5.74) is 0.343. The molecule has 0 spiro atoms. The maximum absolute atomic E-state index is 12.3. The van der Waals surface area contributed by atoms with Crippen molar-refractivity contribution in [1.82, 2.24) is 15.5 Å². The number of rotatable bonds is 6. The van der Waals surface area contributed by atoms with Gasteiger partial charge in [-0.05, 0) is 64.4 Å². The fourth-order valence-electron chi connectivity index (χ4n) is 4.22. The van der Waals surface area contributed by atoms with Gasteiger partial charge in [0.1, 0.15) is 17.5 Å². The summed E-state index contributed by atoms with van der Waals surface area (Å²) in [7, 11) is 2.12. The molecule has 8 heteroatoms. The lowest BCUT2D eigenvalue weighted by Gasteiger charge is -2.42. The van der Waals surface area contributed by atoms with Crippen LogP contribution in [0.4, 0.5) is 4.79 Å². The van der Waals surface area contributed by atoms with Gasteiger partial charge in [-0.25, -0.2) is 4.79 Å². The van der Waals surface area contributed by atoms with Crippen LogP contribution < -0.4 is 15.4 Å². The molecule has 8 nitrogen and oxygen atoms in total. The van der Waals surface area contributed by atoms with Crippen molar-refractivity contribution in [3.05, 3.63) is 29.3 Å². The third-order valence-corrected chi connectivity index (χ3v) is 5.93. The lowest BCUT2D eigenvalue weighted by molar-refractivity contribution is -0.120. The van der Waals surface area contributed by atoms with Crippen LogP contribution in [0.15, 0.2) is 18.2 Å². The average Bonchev–Trinajstić information content (AvgIpc) is 3.04. The van der Waals surface area contributed by atoms with Gasteiger partial charge in [0.15, 0.2) is 0 Å². The van der Waals surface area contributed by atoms with Crippen molar-refractivity contribution in [2.24, 2.45) is 0 Å². The average molecular weight is 405 g/mol. The number of hydrogen-bond acceptors (Lipinski definition) is 5. The molecule has 0 radical (unpaired) electrons. The van der Waals surface area contributed by atoms with Crippen LogP contribution in [0.25, 0.3) is 0 Å². The van der Waals surface area contributed by atoms with Crippen molar-refractivity contribution < 1.29 is 24.5 Å². The summed E-state index contributed by atoms with van der Waals surface area (Å²) in [6.07, 6.45) is 1.23. The Bertz CT molecular complexity index is 767. The predicted octanol–water partition coefficient (Wildman–Crippen LogP) is 1.67. The van der Waals surface area contributed by atoms with E-state index in [1.807, 2.05) is 0 Å². The number of benzene rings is 1. The SMILES string of the molecule is CN1CCCC1CCNC(=O)Cc1ccc2c(c1)[C@@H](NC(=O)O)[C@H](O)C(C)(C)O2. The third kappa shape index (κ3) is 5.00. The zero-order valence-corrected chi connectivity index (χ0v) is 17.3. The highest BCUT2D eigenvalue weighted by atomic mass is 16.5. The monoisotopic (exact) mass is 405 g/mol. The van der Waals surface area contributed by atoms with Crippen LogP contribution in [0.2, 0.25) is 0 Å². The quantitative estimate of drug-likeness (QED) is 0.573. The van der Waals surface area contributed by atoms with Gasteiger partial charge in [-0.2, -0.15) is 0 Å². The second-order valence-corrected chi connectivity index (χ2v) is 8.54. The van der Waals surface area contributed by atoms with E-state index in [4.69, 9.17) is 9.84 Å². The van der Waals surface area contributed by atoms with E-state index in [2.05, 4.69) is 22.6 Å². The first-order valence-corrected chi connectivity index (χ1v) is 10.1. The van der Waals surface area contributed by atoms with Crippen LogP contribution in [0, 0.1) is 0 Å². The maximum Gasteiger partial charge on any atom is 0.405 e. The van der Waals surface area contributed by atoms with Crippen molar-refractivity contribution in [3.8, 4) is 5.75 Å². The first-order valence-electron chi connectivity index (χ1n) is 10.1. The molecule has 2 aliphatic heterocycles. The van der Waals surface area contributed by atoms with Gasteiger partial charge < -0.3 is 30.5 Å². The number of hydrogen-bond donors (Lipinski definition) is 4.